The number of aliphatic hydroxyl groups excluding tert-OH is 1. The summed E-state index contributed by atoms with van der Waals surface area (Å²) >= 11 is 0. The smallest absolute Gasteiger partial charge is 0.0431 e. The molecule has 116 valence electrons. The number of aliphatic hydroxyl groups is 1. The molecule has 20 heavy (non-hydrogen) atoms. The zero-order chi connectivity index (χ0) is 14.6. The van der Waals surface area contributed by atoms with Crippen LogP contribution >= 0.6 is 0 Å². The van der Waals surface area contributed by atoms with Crippen LogP contribution in [0.15, 0.2) is 18.5 Å². The molecule has 1 aromatic rings. The number of hydrogen-bond donors (Lipinski definition) is 2. The van der Waals surface area contributed by atoms with Crippen LogP contribution in [0.25, 0.3) is 0 Å². The van der Waals surface area contributed by atoms with Gasteiger partial charge in [-0.2, -0.15) is 0 Å². The van der Waals surface area contributed by atoms with Crippen LogP contribution in [0.1, 0.15) is 70.4 Å². The number of rotatable bonds is 12. The molecule has 1 unspecified atom stereocenters. The van der Waals surface area contributed by atoms with E-state index in [1.807, 2.05) is 0 Å². The molecule has 0 aliphatic heterocycles. The summed E-state index contributed by atoms with van der Waals surface area (Å²) in [6.45, 7) is 6.98. The van der Waals surface area contributed by atoms with Crippen molar-refractivity contribution in [1.82, 2.24) is 9.88 Å². The molecule has 1 heterocycles. The van der Waals surface area contributed by atoms with Gasteiger partial charge in [-0.3, -0.25) is 0 Å². The van der Waals surface area contributed by atoms with Gasteiger partial charge in [0.25, 0.3) is 0 Å². The van der Waals surface area contributed by atoms with E-state index in [-0.39, 0.29) is 0 Å². The fraction of sp³-hybridized carbons (Fsp3) is 0.765. The topological polar surface area (TPSA) is 37.2 Å². The van der Waals surface area contributed by atoms with Gasteiger partial charge in [0.15, 0.2) is 0 Å². The monoisotopic (exact) mass is 280 g/mol. The molecule has 0 aliphatic rings. The Morgan fingerprint density at radius 1 is 1.15 bits per heavy atom. The molecule has 1 atom stereocenters. The molecule has 0 spiro atoms. The second-order valence-corrected chi connectivity index (χ2v) is 5.62. The second-order valence-electron chi connectivity index (χ2n) is 5.62. The van der Waals surface area contributed by atoms with E-state index in [1.165, 1.54) is 37.7 Å². The minimum Gasteiger partial charge on any atom is -0.396 e. The Labute approximate surface area is 124 Å². The second kappa shape index (κ2) is 10.9. The van der Waals surface area contributed by atoms with Crippen LogP contribution < -0.4 is 5.32 Å². The summed E-state index contributed by atoms with van der Waals surface area (Å²) in [6, 6.07) is 2.77. The van der Waals surface area contributed by atoms with E-state index in [2.05, 4.69) is 42.2 Å². The van der Waals surface area contributed by atoms with Crippen molar-refractivity contribution < 1.29 is 5.11 Å². The van der Waals surface area contributed by atoms with Crippen molar-refractivity contribution in [2.45, 2.75) is 71.4 Å². The van der Waals surface area contributed by atoms with Crippen molar-refractivity contribution in [3.8, 4) is 0 Å². The lowest BCUT2D eigenvalue weighted by atomic mass is 10.1. The van der Waals surface area contributed by atoms with Crippen molar-refractivity contribution in [3.05, 3.63) is 24.0 Å². The minimum absolute atomic E-state index is 0.329. The van der Waals surface area contributed by atoms with Crippen LogP contribution in [-0.4, -0.2) is 22.8 Å². The molecule has 0 radical (unpaired) electrons. The maximum atomic E-state index is 8.76. The summed E-state index contributed by atoms with van der Waals surface area (Å²) in [4.78, 5) is 0. The van der Waals surface area contributed by atoms with Gasteiger partial charge in [-0.25, -0.2) is 0 Å². The SMILES string of the molecule is CCCNC(CCC)c1ccn(CCCCCCO)c1. The maximum absolute atomic E-state index is 8.76. The molecule has 1 rings (SSSR count). The van der Waals surface area contributed by atoms with Crippen LogP contribution in [0, 0.1) is 0 Å². The summed E-state index contributed by atoms with van der Waals surface area (Å²) in [5, 5.41) is 12.4. The average molecular weight is 280 g/mol. The Bertz CT molecular complexity index is 335. The van der Waals surface area contributed by atoms with Gasteiger partial charge in [0.1, 0.15) is 0 Å². The van der Waals surface area contributed by atoms with Crippen molar-refractivity contribution in [2.24, 2.45) is 0 Å². The van der Waals surface area contributed by atoms with E-state index in [0.29, 0.717) is 12.6 Å². The first kappa shape index (κ1) is 17.3. The molecule has 0 amide bonds. The summed E-state index contributed by atoms with van der Waals surface area (Å²) in [6.07, 6.45) is 12.6. The lowest BCUT2D eigenvalue weighted by molar-refractivity contribution is 0.282. The van der Waals surface area contributed by atoms with Gasteiger partial charge >= 0.3 is 0 Å². The van der Waals surface area contributed by atoms with E-state index in [1.54, 1.807) is 0 Å². The first-order chi connectivity index (χ1) is 9.81. The van der Waals surface area contributed by atoms with E-state index >= 15 is 0 Å². The Balaban J connectivity index is 2.38. The van der Waals surface area contributed by atoms with Crippen molar-refractivity contribution in [2.75, 3.05) is 13.2 Å². The Hall–Kier alpha value is -0.800. The number of unbranched alkanes of at least 4 members (excludes halogenated alkanes) is 3. The highest BCUT2D eigenvalue weighted by Crippen LogP contribution is 2.19. The van der Waals surface area contributed by atoms with E-state index < -0.39 is 0 Å². The van der Waals surface area contributed by atoms with Crippen LogP contribution in [0.2, 0.25) is 0 Å². The van der Waals surface area contributed by atoms with Gasteiger partial charge in [0.2, 0.25) is 0 Å². The molecule has 2 N–H and O–H groups in total. The van der Waals surface area contributed by atoms with Crippen LogP contribution in [-0.2, 0) is 6.54 Å². The Morgan fingerprint density at radius 3 is 2.65 bits per heavy atom. The number of nitrogens with zero attached hydrogens (tertiary/aromatic N) is 1. The quantitative estimate of drug-likeness (QED) is 0.570. The fourth-order valence-corrected chi connectivity index (χ4v) is 2.56. The van der Waals surface area contributed by atoms with Crippen LogP contribution in [0.3, 0.4) is 0 Å². The maximum Gasteiger partial charge on any atom is 0.0431 e. The van der Waals surface area contributed by atoms with Crippen molar-refractivity contribution >= 4 is 0 Å². The van der Waals surface area contributed by atoms with Crippen LogP contribution in [0.5, 0.6) is 0 Å². The lowest BCUT2D eigenvalue weighted by Gasteiger charge is -2.16. The third-order valence-corrected chi connectivity index (χ3v) is 3.72. The first-order valence-electron chi connectivity index (χ1n) is 8.31. The third-order valence-electron chi connectivity index (χ3n) is 3.72. The molecule has 0 bridgehead atoms. The summed E-state index contributed by atoms with van der Waals surface area (Å²) < 4.78 is 2.31. The lowest BCUT2D eigenvalue weighted by Crippen LogP contribution is -2.21. The summed E-state index contributed by atoms with van der Waals surface area (Å²) in [7, 11) is 0. The normalized spacial score (nSPS) is 12.8. The van der Waals surface area contributed by atoms with Crippen molar-refractivity contribution in [1.29, 1.82) is 0 Å². The molecule has 1 aromatic heterocycles. The number of hydrogen-bond acceptors (Lipinski definition) is 2. The molecule has 0 saturated carbocycles. The predicted octanol–water partition coefficient (Wildman–Crippen LogP) is 3.88. The highest BCUT2D eigenvalue weighted by atomic mass is 16.2. The molecule has 0 saturated heterocycles. The van der Waals surface area contributed by atoms with E-state index in [0.717, 1.165) is 25.9 Å². The van der Waals surface area contributed by atoms with Crippen molar-refractivity contribution in [3.63, 3.8) is 0 Å². The van der Waals surface area contributed by atoms with Gasteiger partial charge in [0.05, 0.1) is 0 Å². The van der Waals surface area contributed by atoms with Crippen LogP contribution in [0.4, 0.5) is 0 Å². The molecule has 3 heteroatoms. The van der Waals surface area contributed by atoms with E-state index in [4.69, 9.17) is 5.11 Å². The average Bonchev–Trinajstić information content (AvgIpc) is 2.92. The molecule has 3 nitrogen and oxygen atoms in total. The third kappa shape index (κ3) is 6.58. The Morgan fingerprint density at radius 2 is 1.95 bits per heavy atom. The Kier molecular flexibility index (Phi) is 9.42. The minimum atomic E-state index is 0.329. The van der Waals surface area contributed by atoms with Gasteiger partial charge < -0.3 is 15.0 Å². The fourth-order valence-electron chi connectivity index (χ4n) is 2.56. The first-order valence-corrected chi connectivity index (χ1v) is 8.31. The van der Waals surface area contributed by atoms with E-state index in [9.17, 15) is 0 Å². The molecule has 0 aliphatic carbocycles. The molecular formula is C17H32N2O. The number of nitrogens with one attached hydrogen (secondary N) is 1. The molecular weight excluding hydrogens is 248 g/mol. The standard InChI is InChI=1S/C17H32N2O/c1-3-9-17(18-11-4-2)16-10-13-19(15-16)12-7-5-6-8-14-20/h10,13,15,17-18,20H,3-9,11-12,14H2,1-2H3. The van der Waals surface area contributed by atoms with Gasteiger partial charge in [-0.15, -0.1) is 0 Å². The number of aromatic nitrogens is 1. The number of aryl methyl sites for hydroxylation is 1. The largest absolute Gasteiger partial charge is 0.396 e. The van der Waals surface area contributed by atoms with Gasteiger partial charge in [0, 0.05) is 31.6 Å². The predicted molar refractivity (Wildman–Crippen MR) is 85.9 cm³/mol. The zero-order valence-electron chi connectivity index (χ0n) is 13.3. The highest BCUT2D eigenvalue weighted by Gasteiger charge is 2.10. The highest BCUT2D eigenvalue weighted by molar-refractivity contribution is 5.15. The van der Waals surface area contributed by atoms with Gasteiger partial charge in [-0.05, 0) is 43.9 Å². The molecule has 0 aromatic carbocycles. The zero-order valence-corrected chi connectivity index (χ0v) is 13.3. The molecule has 0 fully saturated rings. The van der Waals surface area contributed by atoms with Gasteiger partial charge in [-0.1, -0.05) is 33.1 Å². The summed E-state index contributed by atoms with van der Waals surface area (Å²) in [5.41, 5.74) is 1.43. The summed E-state index contributed by atoms with van der Waals surface area (Å²) in [5.74, 6) is 0.